The number of benzene rings is 1. The van der Waals surface area contributed by atoms with Gasteiger partial charge in [0.2, 0.25) is 0 Å². The monoisotopic (exact) mass is 380 g/mol. The molecule has 144 valence electrons. The molecule has 0 unspecified atom stereocenters. The lowest BCUT2D eigenvalue weighted by molar-refractivity contribution is 0.0627. The van der Waals surface area contributed by atoms with E-state index in [1.807, 2.05) is 19.1 Å². The van der Waals surface area contributed by atoms with Crippen molar-refractivity contribution in [1.29, 1.82) is 0 Å². The molecule has 0 atom stereocenters. The summed E-state index contributed by atoms with van der Waals surface area (Å²) in [7, 11) is 0. The van der Waals surface area contributed by atoms with Crippen LogP contribution in [0.15, 0.2) is 53.5 Å². The van der Waals surface area contributed by atoms with Gasteiger partial charge in [-0.05, 0) is 42.8 Å². The van der Waals surface area contributed by atoms with Gasteiger partial charge in [-0.25, -0.2) is 9.37 Å². The molecule has 1 fully saturated rings. The van der Waals surface area contributed by atoms with Crippen LogP contribution >= 0.6 is 0 Å². The molecule has 3 aromatic rings. The summed E-state index contributed by atoms with van der Waals surface area (Å²) in [5.74, 6) is -0.437. The second-order valence-corrected chi connectivity index (χ2v) is 7.05. The number of piperazine rings is 1. The first-order valence-corrected chi connectivity index (χ1v) is 9.26. The zero-order chi connectivity index (χ0) is 19.7. The normalized spacial score (nSPS) is 15.1. The molecule has 0 spiro atoms. The predicted octanol–water partition coefficient (Wildman–Crippen LogP) is 2.10. The van der Waals surface area contributed by atoms with E-state index >= 15 is 0 Å². The number of fused-ring (bicyclic) bond motifs is 1. The molecule has 2 aromatic heterocycles. The largest absolute Gasteiger partial charge is 0.336 e. The molecule has 0 N–H and O–H groups in total. The Morgan fingerprint density at radius 3 is 2.54 bits per heavy atom. The molecule has 1 amide bonds. The Kier molecular flexibility index (Phi) is 4.92. The van der Waals surface area contributed by atoms with Crippen LogP contribution in [0.25, 0.3) is 5.65 Å². The maximum absolute atomic E-state index is 13.0. The van der Waals surface area contributed by atoms with Gasteiger partial charge in [0.25, 0.3) is 11.5 Å². The van der Waals surface area contributed by atoms with Crippen LogP contribution in [0.2, 0.25) is 0 Å². The predicted molar refractivity (Wildman–Crippen MR) is 104 cm³/mol. The Balaban J connectivity index is 1.43. The number of carbonyl (C=O) groups is 1. The molecule has 28 heavy (non-hydrogen) atoms. The van der Waals surface area contributed by atoms with E-state index in [9.17, 15) is 14.0 Å². The summed E-state index contributed by atoms with van der Waals surface area (Å²) >= 11 is 0. The lowest BCUT2D eigenvalue weighted by Gasteiger charge is -2.34. The van der Waals surface area contributed by atoms with Crippen LogP contribution in [0.3, 0.4) is 0 Å². The van der Waals surface area contributed by atoms with Crippen LogP contribution in [-0.4, -0.2) is 51.3 Å². The minimum absolute atomic E-state index is 0.0858. The van der Waals surface area contributed by atoms with Crippen LogP contribution in [-0.2, 0) is 6.54 Å². The highest BCUT2D eigenvalue weighted by molar-refractivity contribution is 5.94. The maximum Gasteiger partial charge on any atom is 0.258 e. The number of halogens is 1. The fourth-order valence-electron chi connectivity index (χ4n) is 3.50. The number of carbonyl (C=O) groups excluding carboxylic acids is 1. The van der Waals surface area contributed by atoms with Gasteiger partial charge in [-0.3, -0.25) is 18.9 Å². The van der Waals surface area contributed by atoms with E-state index in [0.29, 0.717) is 43.9 Å². The van der Waals surface area contributed by atoms with Crippen LogP contribution in [0.4, 0.5) is 4.39 Å². The van der Waals surface area contributed by atoms with Crippen molar-refractivity contribution >= 4 is 11.6 Å². The minimum Gasteiger partial charge on any atom is -0.336 e. The number of rotatable bonds is 3. The van der Waals surface area contributed by atoms with Gasteiger partial charge in [0, 0.05) is 50.6 Å². The quantitative estimate of drug-likeness (QED) is 0.698. The Bertz CT molecular complexity index is 1070. The smallest absolute Gasteiger partial charge is 0.258 e. The summed E-state index contributed by atoms with van der Waals surface area (Å²) in [6.45, 7) is 5.07. The first-order chi connectivity index (χ1) is 13.5. The average molecular weight is 380 g/mol. The highest BCUT2D eigenvalue weighted by Gasteiger charge is 2.22. The van der Waals surface area contributed by atoms with Crippen molar-refractivity contribution in [3.05, 3.63) is 81.7 Å². The van der Waals surface area contributed by atoms with E-state index in [1.165, 1.54) is 24.3 Å². The van der Waals surface area contributed by atoms with E-state index < -0.39 is 0 Å². The third kappa shape index (κ3) is 3.66. The van der Waals surface area contributed by atoms with Gasteiger partial charge in [0.1, 0.15) is 11.5 Å². The molecule has 3 heterocycles. The molecule has 0 bridgehead atoms. The standard InChI is InChI=1S/C21H21FN4O2/c1-15-3-2-8-26-19(27)13-18(23-20(15)26)14-24-9-11-25(12-10-24)21(28)16-4-6-17(22)7-5-16/h2-8,13H,9-12,14H2,1H3. The Morgan fingerprint density at radius 1 is 1.11 bits per heavy atom. The van der Waals surface area contributed by atoms with Crippen LogP contribution in [0.5, 0.6) is 0 Å². The molecule has 0 saturated carbocycles. The highest BCUT2D eigenvalue weighted by Crippen LogP contribution is 2.12. The number of hydrogen-bond donors (Lipinski definition) is 0. The summed E-state index contributed by atoms with van der Waals surface area (Å²) in [5, 5.41) is 0. The van der Waals surface area contributed by atoms with Crippen molar-refractivity contribution in [1.82, 2.24) is 19.2 Å². The fourth-order valence-corrected chi connectivity index (χ4v) is 3.50. The molecule has 7 heteroatoms. The lowest BCUT2D eigenvalue weighted by atomic mass is 10.1. The number of aryl methyl sites for hydroxylation is 1. The molecule has 1 aliphatic heterocycles. The van der Waals surface area contributed by atoms with Crippen LogP contribution < -0.4 is 5.56 Å². The number of amides is 1. The zero-order valence-electron chi connectivity index (χ0n) is 15.6. The first kappa shape index (κ1) is 18.3. The molecule has 0 radical (unpaired) electrons. The summed E-state index contributed by atoms with van der Waals surface area (Å²) in [6, 6.07) is 11.0. The number of nitrogens with zero attached hydrogens (tertiary/aromatic N) is 4. The van der Waals surface area contributed by atoms with Gasteiger partial charge >= 0.3 is 0 Å². The van der Waals surface area contributed by atoms with Crippen molar-refractivity contribution in [3.8, 4) is 0 Å². The van der Waals surface area contributed by atoms with E-state index in [4.69, 9.17) is 0 Å². The third-order valence-corrected chi connectivity index (χ3v) is 5.08. The number of hydrogen-bond acceptors (Lipinski definition) is 4. The van der Waals surface area contributed by atoms with Gasteiger partial charge < -0.3 is 4.90 Å². The van der Waals surface area contributed by atoms with Crippen molar-refractivity contribution in [2.45, 2.75) is 13.5 Å². The second kappa shape index (κ2) is 7.52. The van der Waals surface area contributed by atoms with Gasteiger partial charge in [-0.15, -0.1) is 0 Å². The molecule has 0 aliphatic carbocycles. The molecular formula is C21H21FN4O2. The fraction of sp³-hybridized carbons (Fsp3) is 0.286. The Hall–Kier alpha value is -3.06. The van der Waals surface area contributed by atoms with E-state index in [1.54, 1.807) is 21.6 Å². The lowest BCUT2D eigenvalue weighted by Crippen LogP contribution is -2.48. The van der Waals surface area contributed by atoms with E-state index in [-0.39, 0.29) is 17.3 Å². The van der Waals surface area contributed by atoms with Gasteiger partial charge in [-0.1, -0.05) is 6.07 Å². The minimum atomic E-state index is -0.351. The van der Waals surface area contributed by atoms with E-state index in [0.717, 1.165) is 11.3 Å². The molecule has 1 aliphatic rings. The zero-order valence-corrected chi connectivity index (χ0v) is 15.6. The van der Waals surface area contributed by atoms with Gasteiger partial charge in [0.15, 0.2) is 0 Å². The topological polar surface area (TPSA) is 57.9 Å². The third-order valence-electron chi connectivity index (χ3n) is 5.08. The highest BCUT2D eigenvalue weighted by atomic mass is 19.1. The molecule has 4 rings (SSSR count). The van der Waals surface area contributed by atoms with Crippen LogP contribution in [0.1, 0.15) is 21.6 Å². The van der Waals surface area contributed by atoms with E-state index in [2.05, 4.69) is 9.88 Å². The SMILES string of the molecule is Cc1cccn2c(=O)cc(CN3CCN(C(=O)c4ccc(F)cc4)CC3)nc12. The molecule has 6 nitrogen and oxygen atoms in total. The summed E-state index contributed by atoms with van der Waals surface area (Å²) < 4.78 is 14.6. The van der Waals surface area contributed by atoms with Crippen molar-refractivity contribution < 1.29 is 9.18 Å². The van der Waals surface area contributed by atoms with Crippen molar-refractivity contribution in [2.24, 2.45) is 0 Å². The van der Waals surface area contributed by atoms with Crippen molar-refractivity contribution in [2.75, 3.05) is 26.2 Å². The summed E-state index contributed by atoms with van der Waals surface area (Å²) in [6.07, 6.45) is 1.72. The summed E-state index contributed by atoms with van der Waals surface area (Å²) in [5.41, 5.74) is 2.77. The van der Waals surface area contributed by atoms with Crippen LogP contribution in [0, 0.1) is 12.7 Å². The Morgan fingerprint density at radius 2 is 1.82 bits per heavy atom. The maximum atomic E-state index is 13.0. The average Bonchev–Trinajstić information content (AvgIpc) is 2.70. The summed E-state index contributed by atoms with van der Waals surface area (Å²) in [4.78, 5) is 33.5. The van der Waals surface area contributed by atoms with Gasteiger partial charge in [0.05, 0.1) is 5.69 Å². The second-order valence-electron chi connectivity index (χ2n) is 7.05. The molecular weight excluding hydrogens is 359 g/mol. The number of pyridine rings is 1. The Labute approximate surface area is 161 Å². The first-order valence-electron chi connectivity index (χ1n) is 9.26. The molecule has 1 aromatic carbocycles. The molecule has 1 saturated heterocycles. The van der Waals surface area contributed by atoms with Gasteiger partial charge in [-0.2, -0.15) is 0 Å². The number of aromatic nitrogens is 2. The van der Waals surface area contributed by atoms with Crippen molar-refractivity contribution in [3.63, 3.8) is 0 Å².